The minimum Gasteiger partial charge on any atom is -0.451 e. The number of halogens is 1. The molecule has 0 radical (unpaired) electrons. The molecule has 3 aliphatic heterocycles. The highest BCUT2D eigenvalue weighted by Gasteiger charge is 2.47. The number of rotatable bonds is 7. The third-order valence-electron chi connectivity index (χ3n) is 10.5. The lowest BCUT2D eigenvalue weighted by molar-refractivity contribution is -0.120. The first-order valence-electron chi connectivity index (χ1n) is 16.2. The van der Waals surface area contributed by atoms with E-state index < -0.39 is 0 Å². The molecule has 232 valence electrons. The van der Waals surface area contributed by atoms with Crippen molar-refractivity contribution in [3.05, 3.63) is 54.8 Å². The van der Waals surface area contributed by atoms with Crippen molar-refractivity contribution in [3.63, 3.8) is 0 Å². The summed E-state index contributed by atoms with van der Waals surface area (Å²) in [7, 11) is 0. The fourth-order valence-corrected chi connectivity index (χ4v) is 7.91. The molecule has 0 unspecified atom stereocenters. The van der Waals surface area contributed by atoms with Gasteiger partial charge in [0.2, 0.25) is 5.91 Å². The van der Waals surface area contributed by atoms with Crippen LogP contribution in [0.2, 0.25) is 0 Å². The van der Waals surface area contributed by atoms with Crippen LogP contribution in [0.4, 0.5) is 10.2 Å². The number of likely N-dealkylation sites (tertiary alicyclic amines) is 1. The molecule has 1 aliphatic carbocycles. The van der Waals surface area contributed by atoms with Crippen LogP contribution in [-0.4, -0.2) is 69.0 Å². The fourth-order valence-electron chi connectivity index (χ4n) is 7.91. The second-order valence-corrected chi connectivity index (χ2v) is 13.9. The number of ether oxygens (including phenoxy) is 1. The summed E-state index contributed by atoms with van der Waals surface area (Å²) >= 11 is 0. The van der Waals surface area contributed by atoms with E-state index in [1.807, 2.05) is 0 Å². The summed E-state index contributed by atoms with van der Waals surface area (Å²) in [5.41, 5.74) is 2.61. The standard InChI is InChI=1S/C34H42FN7O2/c1-23(2)31-27(16-36-21-38-31)26-15-25(35)3-4-28(26)44-29-17-37-22-39-32(29)42-19-33(20-42)11-13-41(14-12-33)18-24-5-8-34(9-6-24)10-7-30(43)40-34/h3-4,15-17,21-24H,5-14,18-20H2,1-2H3,(H,40,43). The van der Waals surface area contributed by atoms with Crippen molar-refractivity contribution in [1.29, 1.82) is 0 Å². The Kier molecular flexibility index (Phi) is 7.72. The molecule has 3 saturated heterocycles. The Balaban J connectivity index is 0.980. The van der Waals surface area contributed by atoms with Gasteiger partial charge in [-0.1, -0.05) is 13.8 Å². The zero-order chi connectivity index (χ0) is 30.3. The maximum atomic E-state index is 14.5. The number of anilines is 1. The van der Waals surface area contributed by atoms with Crippen LogP contribution in [0.5, 0.6) is 11.5 Å². The van der Waals surface area contributed by atoms with E-state index >= 15 is 0 Å². The summed E-state index contributed by atoms with van der Waals surface area (Å²) in [4.78, 5) is 34.3. The van der Waals surface area contributed by atoms with E-state index in [0.29, 0.717) is 28.9 Å². The Morgan fingerprint density at radius 2 is 1.73 bits per heavy atom. The number of hydrogen-bond acceptors (Lipinski definition) is 8. The first kappa shape index (κ1) is 29.1. The van der Waals surface area contributed by atoms with Crippen LogP contribution >= 0.6 is 0 Å². The van der Waals surface area contributed by atoms with Crippen LogP contribution in [0, 0.1) is 17.2 Å². The molecule has 3 aromatic rings. The predicted octanol–water partition coefficient (Wildman–Crippen LogP) is 5.73. The molecule has 44 heavy (non-hydrogen) atoms. The Morgan fingerprint density at radius 3 is 2.45 bits per heavy atom. The average Bonchev–Trinajstić information content (AvgIpc) is 3.38. The number of aromatic nitrogens is 4. The number of carbonyl (C=O) groups excluding carboxylic acids is 1. The molecule has 10 heteroatoms. The largest absolute Gasteiger partial charge is 0.451 e. The smallest absolute Gasteiger partial charge is 0.220 e. The molecule has 4 aliphatic rings. The van der Waals surface area contributed by atoms with Crippen LogP contribution in [0.25, 0.3) is 11.1 Å². The zero-order valence-electron chi connectivity index (χ0n) is 25.8. The number of carbonyl (C=O) groups is 1. The SMILES string of the molecule is CC(C)c1ncncc1-c1cc(F)ccc1Oc1cncnc1N1CC2(CCN(CC3CCC4(CCC(=O)N4)CC3)CC2)C1. The van der Waals surface area contributed by atoms with Gasteiger partial charge in [0.1, 0.15) is 24.2 Å². The molecule has 7 rings (SSSR count). The maximum absolute atomic E-state index is 14.5. The van der Waals surface area contributed by atoms with Crippen molar-refractivity contribution in [3.8, 4) is 22.6 Å². The van der Waals surface area contributed by atoms with Crippen molar-refractivity contribution in [2.75, 3.05) is 37.6 Å². The lowest BCUT2D eigenvalue weighted by atomic mass is 9.71. The molecule has 4 fully saturated rings. The zero-order valence-corrected chi connectivity index (χ0v) is 25.8. The lowest BCUT2D eigenvalue weighted by Crippen LogP contribution is -2.61. The van der Waals surface area contributed by atoms with E-state index in [1.54, 1.807) is 24.8 Å². The second kappa shape index (κ2) is 11.7. The van der Waals surface area contributed by atoms with Crippen molar-refractivity contribution >= 4 is 11.7 Å². The third kappa shape index (κ3) is 5.76. The van der Waals surface area contributed by atoms with Gasteiger partial charge in [-0.3, -0.25) is 4.79 Å². The van der Waals surface area contributed by atoms with Gasteiger partial charge in [-0.15, -0.1) is 0 Å². The molecule has 0 atom stereocenters. The van der Waals surface area contributed by atoms with Crippen molar-refractivity contribution in [2.24, 2.45) is 11.3 Å². The molecule has 9 nitrogen and oxygen atoms in total. The first-order chi connectivity index (χ1) is 21.3. The van der Waals surface area contributed by atoms with Gasteiger partial charge in [0.05, 0.1) is 11.9 Å². The third-order valence-corrected chi connectivity index (χ3v) is 10.5. The molecule has 0 bridgehead atoms. The summed E-state index contributed by atoms with van der Waals surface area (Å²) in [6.07, 6.45) is 15.3. The second-order valence-electron chi connectivity index (χ2n) is 13.9. The number of hydrogen-bond donors (Lipinski definition) is 1. The Bertz CT molecular complexity index is 1510. The molecular formula is C34H42FN7O2. The molecular weight excluding hydrogens is 557 g/mol. The molecule has 5 heterocycles. The van der Waals surface area contributed by atoms with Gasteiger partial charge in [-0.25, -0.2) is 24.3 Å². The quantitative estimate of drug-likeness (QED) is 0.368. The number of amides is 1. The Morgan fingerprint density at radius 1 is 0.977 bits per heavy atom. The van der Waals surface area contributed by atoms with Crippen LogP contribution < -0.4 is 15.0 Å². The summed E-state index contributed by atoms with van der Waals surface area (Å²) in [5.74, 6) is 2.62. The molecule has 1 aromatic carbocycles. The molecule has 1 saturated carbocycles. The van der Waals surface area contributed by atoms with Crippen molar-refractivity contribution in [2.45, 2.75) is 76.7 Å². The molecule has 1 amide bonds. The topological polar surface area (TPSA) is 96.4 Å². The van der Waals surface area contributed by atoms with Gasteiger partial charge in [0, 0.05) is 54.3 Å². The van der Waals surface area contributed by atoms with Crippen LogP contribution in [-0.2, 0) is 4.79 Å². The highest BCUT2D eigenvalue weighted by Crippen LogP contribution is 2.46. The van der Waals surface area contributed by atoms with E-state index in [2.05, 4.69) is 48.9 Å². The predicted molar refractivity (Wildman–Crippen MR) is 166 cm³/mol. The van der Waals surface area contributed by atoms with Crippen LogP contribution in [0.1, 0.15) is 76.8 Å². The Labute approximate surface area is 258 Å². The summed E-state index contributed by atoms with van der Waals surface area (Å²) in [6.45, 7) is 9.45. The summed E-state index contributed by atoms with van der Waals surface area (Å²) in [5, 5.41) is 3.28. The van der Waals surface area contributed by atoms with Gasteiger partial charge in [0.15, 0.2) is 11.6 Å². The van der Waals surface area contributed by atoms with Gasteiger partial charge >= 0.3 is 0 Å². The maximum Gasteiger partial charge on any atom is 0.220 e. The van der Waals surface area contributed by atoms with Crippen molar-refractivity contribution < 1.29 is 13.9 Å². The van der Waals surface area contributed by atoms with E-state index in [-0.39, 0.29) is 23.2 Å². The van der Waals surface area contributed by atoms with Gasteiger partial charge in [-0.05, 0) is 88.1 Å². The highest BCUT2D eigenvalue weighted by molar-refractivity contribution is 5.79. The lowest BCUT2D eigenvalue weighted by Gasteiger charge is -2.55. The normalized spacial score (nSPS) is 25.0. The van der Waals surface area contributed by atoms with Gasteiger partial charge < -0.3 is 19.9 Å². The highest BCUT2D eigenvalue weighted by atomic mass is 19.1. The minimum atomic E-state index is -0.346. The summed E-state index contributed by atoms with van der Waals surface area (Å²) < 4.78 is 20.9. The van der Waals surface area contributed by atoms with E-state index in [0.717, 1.165) is 68.4 Å². The van der Waals surface area contributed by atoms with Crippen LogP contribution in [0.3, 0.4) is 0 Å². The van der Waals surface area contributed by atoms with E-state index in [9.17, 15) is 9.18 Å². The van der Waals surface area contributed by atoms with Crippen LogP contribution in [0.15, 0.2) is 43.2 Å². The number of nitrogens with zero attached hydrogens (tertiary/aromatic N) is 6. The minimum absolute atomic E-state index is 0.101. The first-order valence-corrected chi connectivity index (χ1v) is 16.2. The summed E-state index contributed by atoms with van der Waals surface area (Å²) in [6, 6.07) is 4.54. The van der Waals surface area contributed by atoms with Crippen molar-refractivity contribution in [1.82, 2.24) is 30.2 Å². The monoisotopic (exact) mass is 599 g/mol. The number of benzene rings is 1. The molecule has 1 N–H and O–H groups in total. The number of piperidine rings is 1. The van der Waals surface area contributed by atoms with E-state index in [1.165, 1.54) is 50.7 Å². The van der Waals surface area contributed by atoms with Gasteiger partial charge in [0.25, 0.3) is 0 Å². The fraction of sp³-hybridized carbons (Fsp3) is 0.559. The van der Waals surface area contributed by atoms with E-state index in [4.69, 9.17) is 4.74 Å². The van der Waals surface area contributed by atoms with Gasteiger partial charge in [-0.2, -0.15) is 0 Å². The number of nitrogens with one attached hydrogen (secondary N) is 1. The molecule has 2 aromatic heterocycles. The Hall–Kier alpha value is -3.66. The average molecular weight is 600 g/mol. The molecule has 2 spiro atoms.